The molecule has 3 rings (SSSR count). The number of hydrogen-bond donors (Lipinski definition) is 1. The lowest BCUT2D eigenvalue weighted by Gasteiger charge is -2.36. The summed E-state index contributed by atoms with van der Waals surface area (Å²) in [7, 11) is 0. The van der Waals surface area contributed by atoms with Crippen molar-refractivity contribution in [2.45, 2.75) is 25.4 Å². The molecular formula is C15H17N3O2S. The van der Waals surface area contributed by atoms with Crippen molar-refractivity contribution in [3.05, 3.63) is 21.9 Å². The molecular weight excluding hydrogens is 286 g/mol. The van der Waals surface area contributed by atoms with Crippen molar-refractivity contribution in [2.75, 3.05) is 19.6 Å². The fraction of sp³-hybridized carbons (Fsp3) is 0.467. The minimum absolute atomic E-state index is 0.0586. The van der Waals surface area contributed by atoms with Crippen LogP contribution in [0.15, 0.2) is 11.4 Å². The number of amides is 2. The van der Waals surface area contributed by atoms with Gasteiger partial charge in [-0.1, -0.05) is 11.8 Å². The average molecular weight is 303 g/mol. The van der Waals surface area contributed by atoms with Crippen molar-refractivity contribution < 1.29 is 9.59 Å². The third kappa shape index (κ3) is 2.67. The monoisotopic (exact) mass is 303 g/mol. The van der Waals surface area contributed by atoms with Crippen LogP contribution in [0, 0.1) is 11.8 Å². The lowest BCUT2D eigenvalue weighted by molar-refractivity contribution is -0.154. The number of piperazine rings is 1. The number of nitrogens with zero attached hydrogens (tertiary/aromatic N) is 2. The molecule has 2 amide bonds. The number of thiophene rings is 1. The van der Waals surface area contributed by atoms with E-state index in [9.17, 15) is 9.59 Å². The Balaban J connectivity index is 1.77. The number of fused-ring (bicyclic) bond motifs is 1. The van der Waals surface area contributed by atoms with Gasteiger partial charge in [0.25, 0.3) is 0 Å². The van der Waals surface area contributed by atoms with Crippen molar-refractivity contribution in [2.24, 2.45) is 5.73 Å². The predicted molar refractivity (Wildman–Crippen MR) is 80.4 cm³/mol. The van der Waals surface area contributed by atoms with Crippen LogP contribution in [0.3, 0.4) is 0 Å². The lowest BCUT2D eigenvalue weighted by Crippen LogP contribution is -2.56. The second kappa shape index (κ2) is 5.88. The van der Waals surface area contributed by atoms with Crippen molar-refractivity contribution in [3.63, 3.8) is 0 Å². The summed E-state index contributed by atoms with van der Waals surface area (Å²) in [4.78, 5) is 29.0. The summed E-state index contributed by atoms with van der Waals surface area (Å²) in [6.45, 7) is 1.67. The third-order valence-electron chi connectivity index (χ3n) is 3.90. The van der Waals surface area contributed by atoms with Gasteiger partial charge in [-0.15, -0.1) is 11.3 Å². The van der Waals surface area contributed by atoms with Crippen LogP contribution < -0.4 is 5.73 Å². The summed E-state index contributed by atoms with van der Waals surface area (Å²) in [5.41, 5.74) is 6.30. The van der Waals surface area contributed by atoms with E-state index in [1.54, 1.807) is 21.1 Å². The Morgan fingerprint density at radius 1 is 1.43 bits per heavy atom. The highest BCUT2D eigenvalue weighted by molar-refractivity contribution is 7.10. The quantitative estimate of drug-likeness (QED) is 0.804. The smallest absolute Gasteiger partial charge is 0.246 e. The summed E-state index contributed by atoms with van der Waals surface area (Å²) >= 11 is 1.56. The number of rotatable bonds is 2. The molecule has 1 atom stereocenters. The van der Waals surface area contributed by atoms with Crippen molar-refractivity contribution in [1.29, 1.82) is 0 Å². The molecule has 6 heteroatoms. The summed E-state index contributed by atoms with van der Waals surface area (Å²) < 4.78 is 0. The molecule has 1 aromatic heterocycles. The maximum absolute atomic E-state index is 12.5. The minimum atomic E-state index is -0.246. The average Bonchev–Trinajstić information content (AvgIpc) is 3.11. The van der Waals surface area contributed by atoms with E-state index in [-0.39, 0.29) is 24.4 Å². The highest BCUT2D eigenvalue weighted by Crippen LogP contribution is 2.26. The molecule has 1 unspecified atom stereocenters. The van der Waals surface area contributed by atoms with Gasteiger partial charge in [0.05, 0.1) is 13.1 Å². The Labute approximate surface area is 127 Å². The van der Waals surface area contributed by atoms with Crippen LogP contribution in [0.1, 0.15) is 23.3 Å². The van der Waals surface area contributed by atoms with Crippen LogP contribution in [-0.2, 0) is 16.1 Å². The topological polar surface area (TPSA) is 66.6 Å². The van der Waals surface area contributed by atoms with E-state index in [1.807, 2.05) is 11.4 Å². The predicted octanol–water partition coefficient (Wildman–Crippen LogP) is 0.391. The minimum Gasteiger partial charge on any atom is -0.329 e. The normalized spacial score (nSPS) is 21.3. The lowest BCUT2D eigenvalue weighted by atomic mass is 10.1. The molecule has 0 radical (unpaired) electrons. The maximum atomic E-state index is 12.5. The Morgan fingerprint density at radius 3 is 3.10 bits per heavy atom. The first-order valence-corrected chi connectivity index (χ1v) is 7.92. The summed E-state index contributed by atoms with van der Waals surface area (Å²) in [6, 6.07) is 1.69. The number of carbonyl (C=O) groups is 2. The van der Waals surface area contributed by atoms with Gasteiger partial charge in [0.2, 0.25) is 11.8 Å². The van der Waals surface area contributed by atoms with Crippen LogP contribution in [0.5, 0.6) is 0 Å². The van der Waals surface area contributed by atoms with Gasteiger partial charge in [-0.2, -0.15) is 0 Å². The number of nitrogens with two attached hydrogens (primary N) is 1. The number of hydrogen-bond acceptors (Lipinski definition) is 4. The van der Waals surface area contributed by atoms with Gasteiger partial charge in [-0.3, -0.25) is 9.59 Å². The van der Waals surface area contributed by atoms with Gasteiger partial charge >= 0.3 is 0 Å². The Bertz CT molecular complexity index is 628. The molecule has 1 aromatic rings. The molecule has 2 aliphatic heterocycles. The number of carbonyl (C=O) groups excluding carboxylic acids is 2. The second-order valence-corrected chi connectivity index (χ2v) is 6.20. The first-order chi connectivity index (χ1) is 10.2. The molecule has 0 saturated carbocycles. The molecule has 2 fully saturated rings. The SMILES string of the molecule is NCC#Cc1ccsc1CN1CC(=O)N2CCCC2C1=O. The zero-order chi connectivity index (χ0) is 14.8. The Morgan fingerprint density at radius 2 is 2.29 bits per heavy atom. The van der Waals surface area contributed by atoms with Crippen LogP contribution in [0.25, 0.3) is 0 Å². The summed E-state index contributed by atoms with van der Waals surface area (Å²) in [6.07, 6.45) is 1.70. The zero-order valence-corrected chi connectivity index (χ0v) is 12.5. The first-order valence-electron chi connectivity index (χ1n) is 7.04. The van der Waals surface area contributed by atoms with Gasteiger partial charge in [-0.05, 0) is 24.3 Å². The van der Waals surface area contributed by atoms with Gasteiger partial charge in [0, 0.05) is 17.0 Å². The largest absolute Gasteiger partial charge is 0.329 e. The molecule has 0 aromatic carbocycles. The van der Waals surface area contributed by atoms with E-state index >= 15 is 0 Å². The third-order valence-corrected chi connectivity index (χ3v) is 4.81. The summed E-state index contributed by atoms with van der Waals surface area (Å²) in [5.74, 6) is 5.97. The molecule has 0 bridgehead atoms. The van der Waals surface area contributed by atoms with Crippen LogP contribution >= 0.6 is 11.3 Å². The Hall–Kier alpha value is -1.84. The molecule has 0 aliphatic carbocycles. The first kappa shape index (κ1) is 14.1. The van der Waals surface area contributed by atoms with E-state index in [1.165, 1.54) is 0 Å². The van der Waals surface area contributed by atoms with Crippen molar-refractivity contribution in [3.8, 4) is 11.8 Å². The van der Waals surface area contributed by atoms with E-state index in [4.69, 9.17) is 5.73 Å². The van der Waals surface area contributed by atoms with Gasteiger partial charge in [-0.25, -0.2) is 0 Å². The zero-order valence-electron chi connectivity index (χ0n) is 11.7. The van der Waals surface area contributed by atoms with Crippen molar-refractivity contribution in [1.82, 2.24) is 9.80 Å². The molecule has 2 N–H and O–H groups in total. The Kier molecular flexibility index (Phi) is 3.95. The molecule has 5 nitrogen and oxygen atoms in total. The van der Waals surface area contributed by atoms with Gasteiger partial charge < -0.3 is 15.5 Å². The van der Waals surface area contributed by atoms with E-state index < -0.39 is 0 Å². The van der Waals surface area contributed by atoms with E-state index in [0.717, 1.165) is 29.8 Å². The molecule has 0 spiro atoms. The van der Waals surface area contributed by atoms with Crippen LogP contribution in [0.2, 0.25) is 0 Å². The molecule has 110 valence electrons. The highest BCUT2D eigenvalue weighted by Gasteiger charge is 2.41. The molecule has 3 heterocycles. The fourth-order valence-corrected chi connectivity index (χ4v) is 3.74. The van der Waals surface area contributed by atoms with Gasteiger partial charge in [0.1, 0.15) is 12.6 Å². The molecule has 2 aliphatic rings. The summed E-state index contributed by atoms with van der Waals surface area (Å²) in [5, 5.41) is 1.95. The standard InChI is InChI=1S/C15H17N3O2S/c16-6-1-3-11-5-8-21-13(11)9-17-10-14(19)18-7-2-4-12(18)15(17)20/h5,8,12H,2,4,6-7,9-10,16H2. The fourth-order valence-electron chi connectivity index (χ4n) is 2.89. The maximum Gasteiger partial charge on any atom is 0.246 e. The molecule has 2 saturated heterocycles. The highest BCUT2D eigenvalue weighted by atomic mass is 32.1. The van der Waals surface area contributed by atoms with Crippen molar-refractivity contribution >= 4 is 23.2 Å². The van der Waals surface area contributed by atoms with E-state index in [2.05, 4.69) is 11.8 Å². The van der Waals surface area contributed by atoms with Gasteiger partial charge in [0.15, 0.2) is 0 Å². The van der Waals surface area contributed by atoms with Crippen LogP contribution in [-0.4, -0.2) is 47.3 Å². The van der Waals surface area contributed by atoms with Crippen LogP contribution in [0.4, 0.5) is 0 Å². The second-order valence-electron chi connectivity index (χ2n) is 5.20. The van der Waals surface area contributed by atoms with E-state index in [0.29, 0.717) is 13.1 Å². The molecule has 21 heavy (non-hydrogen) atoms.